The molecule has 0 saturated heterocycles. The van der Waals surface area contributed by atoms with E-state index in [1.165, 1.54) is 0 Å². The highest BCUT2D eigenvalue weighted by atomic mass is 32.2. The second kappa shape index (κ2) is 3.55. The van der Waals surface area contributed by atoms with Crippen molar-refractivity contribution in [3.8, 4) is 0 Å². The van der Waals surface area contributed by atoms with Crippen LogP contribution in [0, 0.1) is 6.07 Å². The van der Waals surface area contributed by atoms with Crippen LogP contribution in [0.5, 0.6) is 0 Å². The Hall–Kier alpha value is -1.55. The van der Waals surface area contributed by atoms with Gasteiger partial charge in [-0.1, -0.05) is 30.3 Å². The fraction of sp³-hybridized carbons (Fsp3) is 0.0909. The minimum atomic E-state index is -3.24. The monoisotopic (exact) mass is 220 g/mol. The molecule has 0 spiro atoms. The molecular weight excluding hydrogens is 210 g/mol. The van der Waals surface area contributed by atoms with Gasteiger partial charge in [0.15, 0.2) is 0 Å². The van der Waals surface area contributed by atoms with Crippen molar-refractivity contribution in [1.82, 2.24) is 0 Å². The predicted octanol–water partition coefficient (Wildman–Crippen LogP) is 2.01. The van der Waals surface area contributed by atoms with Crippen molar-refractivity contribution in [3.05, 3.63) is 42.5 Å². The van der Waals surface area contributed by atoms with Crippen molar-refractivity contribution in [2.24, 2.45) is 0 Å². The van der Waals surface area contributed by atoms with Crippen molar-refractivity contribution in [2.45, 2.75) is 0 Å². The molecule has 1 N–H and O–H groups in total. The van der Waals surface area contributed by atoms with Crippen LogP contribution in [-0.4, -0.2) is 14.7 Å². The number of fused-ring (bicyclic) bond motifs is 1. The summed E-state index contributed by atoms with van der Waals surface area (Å²) in [5, 5.41) is 1.75. The van der Waals surface area contributed by atoms with E-state index in [1.807, 2.05) is 24.3 Å². The van der Waals surface area contributed by atoms with Crippen LogP contribution in [0.25, 0.3) is 10.8 Å². The molecule has 0 heterocycles. The van der Waals surface area contributed by atoms with Crippen LogP contribution in [0.4, 0.5) is 5.69 Å². The van der Waals surface area contributed by atoms with E-state index in [1.54, 1.807) is 12.1 Å². The van der Waals surface area contributed by atoms with Gasteiger partial charge in [-0.2, -0.15) is 0 Å². The normalized spacial score (nSPS) is 11.5. The average molecular weight is 220 g/mol. The molecule has 15 heavy (non-hydrogen) atoms. The van der Waals surface area contributed by atoms with Gasteiger partial charge < -0.3 is 0 Å². The molecule has 2 aromatic rings. The highest BCUT2D eigenvalue weighted by molar-refractivity contribution is 7.92. The second-order valence-corrected chi connectivity index (χ2v) is 5.06. The zero-order chi connectivity index (χ0) is 10.9. The van der Waals surface area contributed by atoms with Crippen LogP contribution in [-0.2, 0) is 10.0 Å². The number of sulfonamides is 1. The van der Waals surface area contributed by atoms with Crippen LogP contribution in [0.15, 0.2) is 36.4 Å². The third-order valence-corrected chi connectivity index (χ3v) is 2.58. The van der Waals surface area contributed by atoms with Gasteiger partial charge in [-0.05, 0) is 17.5 Å². The van der Waals surface area contributed by atoms with Crippen LogP contribution in [0.2, 0.25) is 0 Å². The summed E-state index contributed by atoms with van der Waals surface area (Å²) in [5.74, 6) is 0. The molecule has 2 aromatic carbocycles. The summed E-state index contributed by atoms with van der Waals surface area (Å²) in [4.78, 5) is 0. The van der Waals surface area contributed by atoms with Crippen LogP contribution in [0.3, 0.4) is 0 Å². The van der Waals surface area contributed by atoms with Crippen LogP contribution < -0.4 is 4.72 Å². The Morgan fingerprint density at radius 2 is 1.93 bits per heavy atom. The van der Waals surface area contributed by atoms with E-state index in [9.17, 15) is 8.42 Å². The standard InChI is InChI=1S/C11H10NO2S/c1-15(13,14)12-11-8-4-6-9-5-2-3-7-10(9)11/h2-6,8,12H,1H3. The first-order chi connectivity index (χ1) is 7.06. The van der Waals surface area contributed by atoms with Crippen molar-refractivity contribution >= 4 is 26.5 Å². The summed E-state index contributed by atoms with van der Waals surface area (Å²) in [6.07, 6.45) is 1.13. The summed E-state index contributed by atoms with van der Waals surface area (Å²) < 4.78 is 24.7. The summed E-state index contributed by atoms with van der Waals surface area (Å²) in [6, 6.07) is 14.0. The van der Waals surface area contributed by atoms with Gasteiger partial charge in [0.05, 0.1) is 11.9 Å². The molecule has 77 valence electrons. The van der Waals surface area contributed by atoms with E-state index in [0.717, 1.165) is 17.0 Å². The maximum atomic E-state index is 11.1. The summed E-state index contributed by atoms with van der Waals surface area (Å²) >= 11 is 0. The van der Waals surface area contributed by atoms with Crippen molar-refractivity contribution in [2.75, 3.05) is 11.0 Å². The second-order valence-electron chi connectivity index (χ2n) is 3.31. The predicted molar refractivity (Wildman–Crippen MR) is 61.3 cm³/mol. The van der Waals surface area contributed by atoms with Gasteiger partial charge in [0.25, 0.3) is 0 Å². The fourth-order valence-electron chi connectivity index (χ4n) is 1.44. The van der Waals surface area contributed by atoms with Gasteiger partial charge in [-0.15, -0.1) is 0 Å². The number of benzene rings is 2. The number of nitrogens with one attached hydrogen (secondary N) is 1. The molecule has 0 fully saturated rings. The molecule has 0 amide bonds. The molecule has 4 heteroatoms. The molecule has 0 aromatic heterocycles. The Balaban J connectivity index is 2.61. The van der Waals surface area contributed by atoms with Crippen molar-refractivity contribution in [3.63, 3.8) is 0 Å². The first kappa shape index (κ1) is 9.98. The SMILES string of the molecule is CS(=O)(=O)Nc1cccc2ccc[c]c12. The minimum Gasteiger partial charge on any atom is -0.283 e. The Morgan fingerprint density at radius 1 is 1.20 bits per heavy atom. The van der Waals surface area contributed by atoms with E-state index < -0.39 is 10.0 Å². The summed E-state index contributed by atoms with van der Waals surface area (Å²) in [7, 11) is -3.24. The van der Waals surface area contributed by atoms with Crippen LogP contribution >= 0.6 is 0 Å². The molecule has 0 aliphatic rings. The molecule has 0 saturated carbocycles. The number of anilines is 1. The van der Waals surface area contributed by atoms with E-state index in [4.69, 9.17) is 0 Å². The Morgan fingerprint density at radius 3 is 2.67 bits per heavy atom. The van der Waals surface area contributed by atoms with Gasteiger partial charge in [0.2, 0.25) is 10.0 Å². The first-order valence-electron chi connectivity index (χ1n) is 4.43. The lowest BCUT2D eigenvalue weighted by atomic mass is 10.1. The van der Waals surface area contributed by atoms with E-state index in [0.29, 0.717) is 5.69 Å². The third-order valence-electron chi connectivity index (χ3n) is 1.99. The summed E-state index contributed by atoms with van der Waals surface area (Å²) in [5.41, 5.74) is 0.565. The maximum Gasteiger partial charge on any atom is 0.229 e. The number of hydrogen-bond acceptors (Lipinski definition) is 2. The number of hydrogen-bond donors (Lipinski definition) is 1. The largest absolute Gasteiger partial charge is 0.283 e. The Kier molecular flexibility index (Phi) is 2.36. The van der Waals surface area contributed by atoms with E-state index in [-0.39, 0.29) is 0 Å². The number of rotatable bonds is 2. The van der Waals surface area contributed by atoms with Gasteiger partial charge in [-0.25, -0.2) is 8.42 Å². The van der Waals surface area contributed by atoms with Gasteiger partial charge in [0, 0.05) is 5.39 Å². The Bertz CT molecular complexity index is 585. The first-order valence-corrected chi connectivity index (χ1v) is 6.33. The lowest BCUT2D eigenvalue weighted by molar-refractivity contribution is 0.607. The molecule has 2 rings (SSSR count). The van der Waals surface area contributed by atoms with Crippen LogP contribution in [0.1, 0.15) is 0 Å². The minimum absolute atomic E-state index is 0.565. The van der Waals surface area contributed by atoms with Gasteiger partial charge in [0.1, 0.15) is 0 Å². The molecular formula is C11H10NO2S. The summed E-state index contributed by atoms with van der Waals surface area (Å²) in [6.45, 7) is 0. The quantitative estimate of drug-likeness (QED) is 0.841. The highest BCUT2D eigenvalue weighted by Gasteiger charge is 2.04. The molecule has 3 nitrogen and oxygen atoms in total. The molecule has 0 aliphatic carbocycles. The molecule has 0 bridgehead atoms. The van der Waals surface area contributed by atoms with Gasteiger partial charge >= 0.3 is 0 Å². The average Bonchev–Trinajstić information content (AvgIpc) is 2.16. The topological polar surface area (TPSA) is 46.2 Å². The van der Waals surface area contributed by atoms with E-state index in [2.05, 4.69) is 10.8 Å². The lowest BCUT2D eigenvalue weighted by Crippen LogP contribution is -2.09. The lowest BCUT2D eigenvalue weighted by Gasteiger charge is -2.06. The fourth-order valence-corrected chi connectivity index (χ4v) is 2.01. The smallest absolute Gasteiger partial charge is 0.229 e. The zero-order valence-corrected chi connectivity index (χ0v) is 9.01. The molecule has 1 radical (unpaired) electrons. The van der Waals surface area contributed by atoms with Gasteiger partial charge in [-0.3, -0.25) is 4.72 Å². The zero-order valence-electron chi connectivity index (χ0n) is 8.19. The van der Waals surface area contributed by atoms with Crippen molar-refractivity contribution in [1.29, 1.82) is 0 Å². The Labute approximate surface area is 88.8 Å². The molecule has 0 atom stereocenters. The molecule has 0 aliphatic heterocycles. The maximum absolute atomic E-state index is 11.1. The molecule has 0 unspecified atom stereocenters. The van der Waals surface area contributed by atoms with E-state index >= 15 is 0 Å². The highest BCUT2D eigenvalue weighted by Crippen LogP contribution is 2.22. The third kappa shape index (κ3) is 2.27. The van der Waals surface area contributed by atoms with Crippen molar-refractivity contribution < 1.29 is 8.42 Å².